The van der Waals surface area contributed by atoms with Crippen LogP contribution in [0.1, 0.15) is 5.56 Å². The molecule has 1 aromatic carbocycles. The van der Waals surface area contributed by atoms with Gasteiger partial charge in [0.25, 0.3) is 0 Å². The highest BCUT2D eigenvalue weighted by molar-refractivity contribution is 5.87. The lowest BCUT2D eigenvalue weighted by molar-refractivity contribution is 0.414. The molecular weight excluding hydrogens is 266 g/mol. The Morgan fingerprint density at radius 2 is 1.95 bits per heavy atom. The highest BCUT2D eigenvalue weighted by Crippen LogP contribution is 2.17. The topological polar surface area (TPSA) is 86.0 Å². The minimum absolute atomic E-state index is 0.439. The van der Waals surface area contributed by atoms with Gasteiger partial charge >= 0.3 is 0 Å². The van der Waals surface area contributed by atoms with Crippen LogP contribution in [0.4, 0.5) is 11.8 Å². The molecule has 0 aliphatic carbocycles. The lowest BCUT2D eigenvalue weighted by atomic mass is 10.2. The van der Waals surface area contributed by atoms with E-state index in [1.54, 1.807) is 19.5 Å². The Morgan fingerprint density at radius 3 is 2.71 bits per heavy atom. The monoisotopic (exact) mass is 281 g/mol. The number of nitrogens with zero attached hydrogens (tertiary/aromatic N) is 3. The summed E-state index contributed by atoms with van der Waals surface area (Å²) in [6.45, 7) is 0.635. The van der Waals surface area contributed by atoms with Gasteiger partial charge in [-0.25, -0.2) is 15.0 Å². The van der Waals surface area contributed by atoms with Gasteiger partial charge in [0.05, 0.1) is 18.0 Å². The molecule has 0 aliphatic rings. The maximum absolute atomic E-state index is 5.78. The third-order valence-corrected chi connectivity index (χ3v) is 3.15. The van der Waals surface area contributed by atoms with Gasteiger partial charge in [0.1, 0.15) is 11.6 Å². The van der Waals surface area contributed by atoms with E-state index in [2.05, 4.69) is 20.3 Å². The number of ether oxygens (including phenoxy) is 1. The van der Waals surface area contributed by atoms with Crippen molar-refractivity contribution in [2.75, 3.05) is 18.2 Å². The second kappa shape index (κ2) is 5.62. The van der Waals surface area contributed by atoms with Crippen molar-refractivity contribution < 1.29 is 4.74 Å². The lowest BCUT2D eigenvalue weighted by Crippen LogP contribution is -2.04. The smallest absolute Gasteiger partial charge is 0.223 e. The summed E-state index contributed by atoms with van der Waals surface area (Å²) in [7, 11) is 1.65. The van der Waals surface area contributed by atoms with Crippen LogP contribution in [0.25, 0.3) is 10.9 Å². The van der Waals surface area contributed by atoms with E-state index in [4.69, 9.17) is 10.5 Å². The van der Waals surface area contributed by atoms with Crippen LogP contribution in [0.5, 0.6) is 5.75 Å². The Hall–Kier alpha value is -2.89. The van der Waals surface area contributed by atoms with Crippen molar-refractivity contribution in [2.45, 2.75) is 6.54 Å². The van der Waals surface area contributed by atoms with Crippen molar-refractivity contribution in [3.8, 4) is 5.75 Å². The quantitative estimate of drug-likeness (QED) is 0.762. The van der Waals surface area contributed by atoms with E-state index in [1.807, 2.05) is 30.3 Å². The predicted octanol–water partition coefficient (Wildman–Crippen LogP) is 2.23. The molecule has 21 heavy (non-hydrogen) atoms. The lowest BCUT2D eigenvalue weighted by Gasteiger charge is -2.07. The number of hydrogen-bond donors (Lipinski definition) is 2. The molecule has 0 aliphatic heterocycles. The van der Waals surface area contributed by atoms with Gasteiger partial charge in [-0.3, -0.25) is 0 Å². The van der Waals surface area contributed by atoms with E-state index in [0.717, 1.165) is 22.2 Å². The molecule has 0 atom stereocenters. The number of rotatable bonds is 4. The van der Waals surface area contributed by atoms with Crippen LogP contribution in [0.15, 0.2) is 42.7 Å². The first-order valence-corrected chi connectivity index (χ1v) is 6.50. The molecule has 6 nitrogen and oxygen atoms in total. The molecule has 0 saturated heterocycles. The molecule has 2 aromatic heterocycles. The summed E-state index contributed by atoms with van der Waals surface area (Å²) < 4.78 is 5.13. The van der Waals surface area contributed by atoms with Crippen molar-refractivity contribution >= 4 is 22.7 Å². The number of pyridine rings is 1. The maximum Gasteiger partial charge on any atom is 0.223 e. The summed E-state index contributed by atoms with van der Waals surface area (Å²) >= 11 is 0. The number of nitrogen functional groups attached to an aromatic ring is 1. The van der Waals surface area contributed by atoms with Crippen LogP contribution < -0.4 is 15.8 Å². The number of methoxy groups -OCH3 is 1. The normalized spacial score (nSPS) is 10.5. The molecule has 0 saturated carbocycles. The van der Waals surface area contributed by atoms with E-state index in [-0.39, 0.29) is 0 Å². The van der Waals surface area contributed by atoms with Crippen LogP contribution in [-0.2, 0) is 6.54 Å². The number of nitrogens with two attached hydrogens (primary N) is 1. The molecule has 6 heteroatoms. The molecule has 0 fully saturated rings. The average Bonchev–Trinajstić information content (AvgIpc) is 2.53. The molecule has 106 valence electrons. The van der Waals surface area contributed by atoms with E-state index in [9.17, 15) is 0 Å². The van der Waals surface area contributed by atoms with E-state index < -0.39 is 0 Å². The Morgan fingerprint density at radius 1 is 1.14 bits per heavy atom. The second-order valence-corrected chi connectivity index (χ2v) is 4.52. The van der Waals surface area contributed by atoms with Crippen molar-refractivity contribution in [1.29, 1.82) is 0 Å². The molecule has 0 spiro atoms. The SMILES string of the molecule is COc1ccc(CNc2ncc3c(N)nccc3n2)cc1. The molecular formula is C15H15N5O. The van der Waals surface area contributed by atoms with Crippen LogP contribution in [0.2, 0.25) is 0 Å². The molecule has 0 radical (unpaired) electrons. The molecule has 3 N–H and O–H groups in total. The Balaban J connectivity index is 1.75. The summed E-state index contributed by atoms with van der Waals surface area (Å²) in [5.41, 5.74) is 7.67. The third kappa shape index (κ3) is 2.84. The van der Waals surface area contributed by atoms with Crippen molar-refractivity contribution in [2.24, 2.45) is 0 Å². The number of aromatic nitrogens is 3. The number of benzene rings is 1. The van der Waals surface area contributed by atoms with Crippen molar-refractivity contribution in [3.63, 3.8) is 0 Å². The summed E-state index contributed by atoms with van der Waals surface area (Å²) in [6.07, 6.45) is 3.32. The fourth-order valence-corrected chi connectivity index (χ4v) is 1.99. The molecule has 0 unspecified atom stereocenters. The standard InChI is InChI=1S/C15H15N5O/c1-21-11-4-2-10(3-5-11)8-18-15-19-9-12-13(20-15)6-7-17-14(12)16/h2-7,9H,8H2,1H3,(H2,16,17)(H,18,19,20). The largest absolute Gasteiger partial charge is 0.497 e. The van der Waals surface area contributed by atoms with Gasteiger partial charge in [-0.2, -0.15) is 0 Å². The van der Waals surface area contributed by atoms with Gasteiger partial charge < -0.3 is 15.8 Å². The summed E-state index contributed by atoms with van der Waals surface area (Å²) in [5.74, 6) is 1.84. The predicted molar refractivity (Wildman–Crippen MR) is 82.1 cm³/mol. The molecule has 2 heterocycles. The van der Waals surface area contributed by atoms with Gasteiger partial charge in [0.2, 0.25) is 5.95 Å². The van der Waals surface area contributed by atoms with Crippen LogP contribution in [-0.4, -0.2) is 22.1 Å². The minimum Gasteiger partial charge on any atom is -0.497 e. The Bertz CT molecular complexity index is 758. The first kappa shape index (κ1) is 13.1. The fourth-order valence-electron chi connectivity index (χ4n) is 1.99. The molecule has 0 amide bonds. The zero-order valence-electron chi connectivity index (χ0n) is 11.6. The average molecular weight is 281 g/mol. The maximum atomic E-state index is 5.78. The number of fused-ring (bicyclic) bond motifs is 1. The molecule has 3 rings (SSSR count). The van der Waals surface area contributed by atoms with Gasteiger partial charge in [-0.1, -0.05) is 12.1 Å². The highest BCUT2D eigenvalue weighted by atomic mass is 16.5. The zero-order valence-corrected chi connectivity index (χ0v) is 11.6. The van der Waals surface area contributed by atoms with Crippen molar-refractivity contribution in [1.82, 2.24) is 15.0 Å². The first-order valence-electron chi connectivity index (χ1n) is 6.50. The van der Waals surface area contributed by atoms with Crippen LogP contribution in [0.3, 0.4) is 0 Å². The second-order valence-electron chi connectivity index (χ2n) is 4.52. The summed E-state index contributed by atoms with van der Waals surface area (Å²) in [5, 5.41) is 3.94. The van der Waals surface area contributed by atoms with E-state index >= 15 is 0 Å². The Labute approximate surface area is 122 Å². The number of hydrogen-bond acceptors (Lipinski definition) is 6. The number of nitrogens with one attached hydrogen (secondary N) is 1. The third-order valence-electron chi connectivity index (χ3n) is 3.15. The highest BCUT2D eigenvalue weighted by Gasteiger charge is 2.03. The minimum atomic E-state index is 0.439. The zero-order chi connectivity index (χ0) is 14.7. The van der Waals surface area contributed by atoms with Gasteiger partial charge in [0.15, 0.2) is 0 Å². The van der Waals surface area contributed by atoms with Gasteiger partial charge in [-0.05, 0) is 23.8 Å². The van der Waals surface area contributed by atoms with E-state index in [0.29, 0.717) is 18.3 Å². The molecule has 0 bridgehead atoms. The Kier molecular flexibility index (Phi) is 3.51. The van der Waals surface area contributed by atoms with Gasteiger partial charge in [0, 0.05) is 18.9 Å². The van der Waals surface area contributed by atoms with Gasteiger partial charge in [-0.15, -0.1) is 0 Å². The van der Waals surface area contributed by atoms with Crippen molar-refractivity contribution in [3.05, 3.63) is 48.3 Å². The van der Waals surface area contributed by atoms with Crippen LogP contribution >= 0.6 is 0 Å². The first-order chi connectivity index (χ1) is 10.3. The van der Waals surface area contributed by atoms with Crippen LogP contribution in [0, 0.1) is 0 Å². The molecule has 3 aromatic rings. The summed E-state index contributed by atoms with van der Waals surface area (Å²) in [6, 6.07) is 9.64. The number of anilines is 2. The van der Waals surface area contributed by atoms with E-state index in [1.165, 1.54) is 0 Å². The fraction of sp³-hybridized carbons (Fsp3) is 0.133. The summed E-state index contributed by atoms with van der Waals surface area (Å²) in [4.78, 5) is 12.7.